The quantitative estimate of drug-likeness (QED) is 0.604. The van der Waals surface area contributed by atoms with Crippen LogP contribution in [-0.2, 0) is 7.05 Å². The largest absolute Gasteiger partial charge is 0.329 e. The highest BCUT2D eigenvalue weighted by Gasteiger charge is 2.16. The maximum atomic E-state index is 13.8. The van der Waals surface area contributed by atoms with E-state index in [1.54, 1.807) is 18.5 Å². The molecular formula is C11H8F2N2. The Hall–Kier alpha value is -1.89. The summed E-state index contributed by atoms with van der Waals surface area (Å²) in [5.41, 5.74) is 0.177. The number of nitrogens with zero attached hydrogens (tertiary/aromatic N) is 2. The molecule has 4 heteroatoms. The third-order valence-electron chi connectivity index (χ3n) is 2.42. The molecule has 0 saturated carbocycles. The molecule has 2 aromatic rings. The first-order valence-corrected chi connectivity index (χ1v) is 4.34. The van der Waals surface area contributed by atoms with Crippen LogP contribution in [0.25, 0.3) is 11.0 Å². The number of rotatable bonds is 0. The summed E-state index contributed by atoms with van der Waals surface area (Å²) in [5, 5.41) is 0. The Morgan fingerprint density at radius 2 is 2.13 bits per heavy atom. The molecule has 0 saturated heterocycles. The third-order valence-corrected chi connectivity index (χ3v) is 2.42. The molecule has 0 aliphatic heterocycles. The number of imidazole rings is 1. The van der Waals surface area contributed by atoms with Gasteiger partial charge in [-0.25, -0.2) is 13.8 Å². The average molecular weight is 206 g/mol. The van der Waals surface area contributed by atoms with Crippen LogP contribution in [0.2, 0.25) is 0 Å². The van der Waals surface area contributed by atoms with E-state index in [-0.39, 0.29) is 16.6 Å². The first-order valence-electron chi connectivity index (χ1n) is 4.34. The van der Waals surface area contributed by atoms with Crippen LogP contribution in [0.1, 0.15) is 11.4 Å². The predicted molar refractivity (Wildman–Crippen MR) is 53.3 cm³/mol. The zero-order valence-electron chi connectivity index (χ0n) is 8.31. The highest BCUT2D eigenvalue weighted by molar-refractivity contribution is 5.79. The van der Waals surface area contributed by atoms with Gasteiger partial charge in [0.05, 0.1) is 11.1 Å². The van der Waals surface area contributed by atoms with Gasteiger partial charge in [-0.05, 0) is 6.92 Å². The SMILES string of the molecule is C#Cc1c(F)cc2nc(C)n(C)c2c1F. The zero-order chi connectivity index (χ0) is 11.2. The van der Waals surface area contributed by atoms with Crippen molar-refractivity contribution in [1.29, 1.82) is 0 Å². The van der Waals surface area contributed by atoms with Gasteiger partial charge in [-0.1, -0.05) is 5.92 Å². The second kappa shape index (κ2) is 3.06. The maximum absolute atomic E-state index is 13.8. The molecule has 0 aliphatic rings. The number of terminal acetylenes is 1. The van der Waals surface area contributed by atoms with Crippen LogP contribution in [0, 0.1) is 30.9 Å². The summed E-state index contributed by atoms with van der Waals surface area (Å²) in [6.45, 7) is 1.72. The molecule has 2 rings (SSSR count). The fourth-order valence-corrected chi connectivity index (χ4v) is 1.54. The number of fused-ring (bicyclic) bond motifs is 1. The lowest BCUT2D eigenvalue weighted by molar-refractivity contribution is 0.582. The molecule has 76 valence electrons. The number of hydrogen-bond acceptors (Lipinski definition) is 1. The zero-order valence-corrected chi connectivity index (χ0v) is 8.31. The molecule has 1 aromatic heterocycles. The van der Waals surface area contributed by atoms with Crippen LogP contribution in [0.3, 0.4) is 0 Å². The fourth-order valence-electron chi connectivity index (χ4n) is 1.54. The summed E-state index contributed by atoms with van der Waals surface area (Å²) < 4.78 is 28.6. The molecule has 0 spiro atoms. The Bertz CT molecular complexity index is 591. The van der Waals surface area contributed by atoms with Crippen molar-refractivity contribution in [3.63, 3.8) is 0 Å². The molecular weight excluding hydrogens is 198 g/mol. The van der Waals surface area contributed by atoms with Gasteiger partial charge >= 0.3 is 0 Å². The minimum absolute atomic E-state index is 0.238. The summed E-state index contributed by atoms with van der Waals surface area (Å²) in [7, 11) is 1.66. The summed E-state index contributed by atoms with van der Waals surface area (Å²) in [4.78, 5) is 4.02. The highest BCUT2D eigenvalue weighted by atomic mass is 19.1. The van der Waals surface area contributed by atoms with E-state index in [1.165, 1.54) is 0 Å². The van der Waals surface area contributed by atoms with Crippen molar-refractivity contribution in [1.82, 2.24) is 9.55 Å². The summed E-state index contributed by atoms with van der Waals surface area (Å²) in [5.74, 6) is 1.13. The van der Waals surface area contributed by atoms with Crippen molar-refractivity contribution >= 4 is 11.0 Å². The summed E-state index contributed by atoms with van der Waals surface area (Å²) in [6.07, 6.45) is 5.04. The first-order chi connectivity index (χ1) is 7.06. The molecule has 2 nitrogen and oxygen atoms in total. The molecule has 1 heterocycles. The lowest BCUT2D eigenvalue weighted by atomic mass is 10.2. The number of benzene rings is 1. The molecule has 0 N–H and O–H groups in total. The monoisotopic (exact) mass is 206 g/mol. The van der Waals surface area contributed by atoms with Crippen molar-refractivity contribution in [3.05, 3.63) is 29.1 Å². The number of aryl methyl sites for hydroxylation is 2. The van der Waals surface area contributed by atoms with Gasteiger partial charge < -0.3 is 4.57 Å². The van der Waals surface area contributed by atoms with E-state index < -0.39 is 11.6 Å². The smallest absolute Gasteiger partial charge is 0.167 e. The highest BCUT2D eigenvalue weighted by Crippen LogP contribution is 2.23. The topological polar surface area (TPSA) is 17.8 Å². The lowest BCUT2D eigenvalue weighted by Gasteiger charge is -2.01. The average Bonchev–Trinajstić information content (AvgIpc) is 2.43. The van der Waals surface area contributed by atoms with Gasteiger partial charge in [-0.3, -0.25) is 0 Å². The second-order valence-corrected chi connectivity index (χ2v) is 3.28. The number of hydrogen-bond donors (Lipinski definition) is 0. The predicted octanol–water partition coefficient (Wildman–Crippen LogP) is 2.14. The van der Waals surface area contributed by atoms with E-state index in [1.807, 2.05) is 5.92 Å². The third kappa shape index (κ3) is 1.20. The van der Waals surface area contributed by atoms with Crippen LogP contribution in [0.15, 0.2) is 6.07 Å². The van der Waals surface area contributed by atoms with Gasteiger partial charge in [-0.2, -0.15) is 0 Å². The Morgan fingerprint density at radius 1 is 1.47 bits per heavy atom. The molecule has 0 fully saturated rings. The van der Waals surface area contributed by atoms with Crippen LogP contribution >= 0.6 is 0 Å². The number of halogens is 2. The molecule has 0 atom stereocenters. The molecule has 0 unspecified atom stereocenters. The lowest BCUT2D eigenvalue weighted by Crippen LogP contribution is -1.97. The standard InChI is InChI=1S/C11H8F2N2/c1-4-7-8(12)5-9-11(10(7)13)15(3)6(2)14-9/h1,5H,2-3H3. The van der Waals surface area contributed by atoms with E-state index in [0.29, 0.717) is 5.82 Å². The van der Waals surface area contributed by atoms with Gasteiger partial charge in [0, 0.05) is 13.1 Å². The fraction of sp³-hybridized carbons (Fsp3) is 0.182. The summed E-state index contributed by atoms with van der Waals surface area (Å²) in [6, 6.07) is 1.15. The van der Waals surface area contributed by atoms with Crippen LogP contribution in [0.4, 0.5) is 8.78 Å². The Morgan fingerprint density at radius 3 is 2.73 bits per heavy atom. The van der Waals surface area contributed by atoms with Crippen LogP contribution < -0.4 is 0 Å². The van der Waals surface area contributed by atoms with E-state index in [9.17, 15) is 8.78 Å². The van der Waals surface area contributed by atoms with Gasteiger partial charge in [0.2, 0.25) is 0 Å². The van der Waals surface area contributed by atoms with Gasteiger partial charge in [0.1, 0.15) is 17.2 Å². The minimum Gasteiger partial charge on any atom is -0.329 e. The summed E-state index contributed by atoms with van der Waals surface area (Å²) >= 11 is 0. The molecule has 0 amide bonds. The van der Waals surface area contributed by atoms with Gasteiger partial charge in [0.25, 0.3) is 0 Å². The molecule has 0 radical (unpaired) electrons. The van der Waals surface area contributed by atoms with Crippen molar-refractivity contribution < 1.29 is 8.78 Å². The molecule has 0 aliphatic carbocycles. The Balaban J connectivity index is 3.00. The van der Waals surface area contributed by atoms with Crippen molar-refractivity contribution in [2.45, 2.75) is 6.92 Å². The van der Waals surface area contributed by atoms with Crippen molar-refractivity contribution in [3.8, 4) is 12.3 Å². The van der Waals surface area contributed by atoms with Crippen LogP contribution in [0.5, 0.6) is 0 Å². The van der Waals surface area contributed by atoms with Gasteiger partial charge in [0.15, 0.2) is 5.82 Å². The number of aromatic nitrogens is 2. The van der Waals surface area contributed by atoms with Crippen LogP contribution in [-0.4, -0.2) is 9.55 Å². The van der Waals surface area contributed by atoms with Crippen molar-refractivity contribution in [2.75, 3.05) is 0 Å². The van der Waals surface area contributed by atoms with Crippen molar-refractivity contribution in [2.24, 2.45) is 7.05 Å². The van der Waals surface area contributed by atoms with E-state index in [0.717, 1.165) is 6.07 Å². The molecule has 0 bridgehead atoms. The first kappa shape index (κ1) is 9.66. The van der Waals surface area contributed by atoms with E-state index >= 15 is 0 Å². The van der Waals surface area contributed by atoms with E-state index in [4.69, 9.17) is 6.42 Å². The normalized spacial score (nSPS) is 10.6. The maximum Gasteiger partial charge on any atom is 0.167 e. The second-order valence-electron chi connectivity index (χ2n) is 3.28. The minimum atomic E-state index is -0.749. The van der Waals surface area contributed by atoms with E-state index in [2.05, 4.69) is 4.98 Å². The Labute approximate surface area is 85.5 Å². The Kier molecular flexibility index (Phi) is 1.97. The molecule has 1 aromatic carbocycles. The molecule has 15 heavy (non-hydrogen) atoms. The van der Waals surface area contributed by atoms with Gasteiger partial charge in [-0.15, -0.1) is 6.42 Å².